The van der Waals surface area contributed by atoms with Gasteiger partial charge in [0.25, 0.3) is 5.91 Å². The van der Waals surface area contributed by atoms with Gasteiger partial charge in [-0.1, -0.05) is 66.9 Å². The lowest BCUT2D eigenvalue weighted by Crippen LogP contribution is -2.32. The number of anilines is 1. The fourth-order valence-corrected chi connectivity index (χ4v) is 4.87. The molecule has 3 nitrogen and oxygen atoms in total. The van der Waals surface area contributed by atoms with Crippen molar-refractivity contribution in [3.05, 3.63) is 75.3 Å². The van der Waals surface area contributed by atoms with Gasteiger partial charge in [-0.3, -0.25) is 4.79 Å². The second-order valence-electron chi connectivity index (χ2n) is 7.52. The molecule has 1 aliphatic heterocycles. The fourth-order valence-electron chi connectivity index (χ4n) is 4.35. The first-order chi connectivity index (χ1) is 13.6. The number of nitrogens with one attached hydrogen (secondary N) is 2. The smallest absolute Gasteiger partial charge is 0.253 e. The minimum Gasteiger partial charge on any atom is -0.377 e. The number of hydrogen-bond acceptors (Lipinski definition) is 2. The highest BCUT2D eigenvalue weighted by Gasteiger charge is 2.39. The fraction of sp³-hybridized carbons (Fsp3) is 0.348. The highest BCUT2D eigenvalue weighted by Crippen LogP contribution is 2.51. The molecule has 4 rings (SSSR count). The van der Waals surface area contributed by atoms with Gasteiger partial charge in [0.15, 0.2) is 0 Å². The SMILES string of the molecule is CCCCNC(=O)c1cccc2c1NC(c1ccc(Cl)cc1Cl)C1CC=CC21. The van der Waals surface area contributed by atoms with Crippen molar-refractivity contribution in [2.24, 2.45) is 5.92 Å². The van der Waals surface area contributed by atoms with Crippen LogP contribution in [0.2, 0.25) is 10.0 Å². The van der Waals surface area contributed by atoms with Gasteiger partial charge in [-0.25, -0.2) is 0 Å². The molecule has 3 atom stereocenters. The molecule has 0 fully saturated rings. The monoisotopic (exact) mass is 414 g/mol. The van der Waals surface area contributed by atoms with E-state index in [1.54, 1.807) is 6.07 Å². The van der Waals surface area contributed by atoms with E-state index in [1.807, 2.05) is 24.3 Å². The van der Waals surface area contributed by atoms with Crippen molar-refractivity contribution in [2.75, 3.05) is 11.9 Å². The summed E-state index contributed by atoms with van der Waals surface area (Å²) in [4.78, 5) is 12.8. The summed E-state index contributed by atoms with van der Waals surface area (Å²) < 4.78 is 0. The molecule has 0 radical (unpaired) electrons. The van der Waals surface area contributed by atoms with Crippen LogP contribution in [0.15, 0.2) is 48.6 Å². The highest BCUT2D eigenvalue weighted by atomic mass is 35.5. The molecular weight excluding hydrogens is 391 g/mol. The second-order valence-corrected chi connectivity index (χ2v) is 8.36. The third-order valence-electron chi connectivity index (χ3n) is 5.75. The Kier molecular flexibility index (Phi) is 5.65. The Morgan fingerprint density at radius 2 is 2.07 bits per heavy atom. The van der Waals surface area contributed by atoms with Crippen molar-refractivity contribution >= 4 is 34.8 Å². The average Bonchev–Trinajstić information content (AvgIpc) is 3.17. The Morgan fingerprint density at radius 3 is 2.86 bits per heavy atom. The van der Waals surface area contributed by atoms with Crippen LogP contribution in [0, 0.1) is 5.92 Å². The minimum absolute atomic E-state index is 0.0285. The van der Waals surface area contributed by atoms with E-state index in [0.29, 0.717) is 28.1 Å². The number of amides is 1. The Bertz CT molecular complexity index is 925. The van der Waals surface area contributed by atoms with Crippen LogP contribution in [0.5, 0.6) is 0 Å². The number of fused-ring (bicyclic) bond motifs is 3. The summed E-state index contributed by atoms with van der Waals surface area (Å²) in [6.07, 6.45) is 7.51. The Balaban J connectivity index is 1.73. The van der Waals surface area contributed by atoms with Crippen LogP contribution in [-0.4, -0.2) is 12.5 Å². The van der Waals surface area contributed by atoms with E-state index in [0.717, 1.165) is 30.5 Å². The Hall–Kier alpha value is -1.97. The van der Waals surface area contributed by atoms with Crippen molar-refractivity contribution in [3.63, 3.8) is 0 Å². The molecule has 1 heterocycles. The second kappa shape index (κ2) is 8.18. The molecule has 0 saturated carbocycles. The number of benzene rings is 2. The largest absolute Gasteiger partial charge is 0.377 e. The molecule has 0 spiro atoms. The van der Waals surface area contributed by atoms with E-state index >= 15 is 0 Å². The first-order valence-electron chi connectivity index (χ1n) is 9.89. The van der Waals surface area contributed by atoms with Crippen molar-refractivity contribution in [1.29, 1.82) is 0 Å². The van der Waals surface area contributed by atoms with Gasteiger partial charge in [-0.2, -0.15) is 0 Å². The maximum absolute atomic E-state index is 12.8. The van der Waals surface area contributed by atoms with E-state index in [2.05, 4.69) is 35.8 Å². The van der Waals surface area contributed by atoms with Gasteiger partial charge in [-0.05, 0) is 48.1 Å². The molecule has 1 amide bonds. The zero-order valence-electron chi connectivity index (χ0n) is 15.8. The maximum Gasteiger partial charge on any atom is 0.253 e. The number of allylic oxidation sites excluding steroid dienone is 2. The molecule has 2 aromatic rings. The van der Waals surface area contributed by atoms with Crippen LogP contribution >= 0.6 is 23.2 Å². The number of hydrogen-bond donors (Lipinski definition) is 2. The van der Waals surface area contributed by atoms with Crippen LogP contribution in [0.25, 0.3) is 0 Å². The first kappa shape index (κ1) is 19.4. The van der Waals surface area contributed by atoms with Gasteiger partial charge >= 0.3 is 0 Å². The van der Waals surface area contributed by atoms with Gasteiger partial charge in [0.1, 0.15) is 0 Å². The topological polar surface area (TPSA) is 41.1 Å². The molecule has 2 aromatic carbocycles. The minimum atomic E-state index is -0.0285. The number of carbonyl (C=O) groups excluding carboxylic acids is 1. The molecule has 1 aliphatic carbocycles. The lowest BCUT2D eigenvalue weighted by Gasteiger charge is -2.38. The van der Waals surface area contributed by atoms with Crippen LogP contribution in [0.1, 0.15) is 59.6 Å². The maximum atomic E-state index is 12.8. The normalized spacial score (nSPS) is 22.3. The van der Waals surface area contributed by atoms with Crippen LogP contribution < -0.4 is 10.6 Å². The molecule has 3 unspecified atom stereocenters. The predicted molar refractivity (Wildman–Crippen MR) is 116 cm³/mol. The average molecular weight is 415 g/mol. The van der Waals surface area contributed by atoms with Crippen molar-refractivity contribution in [1.82, 2.24) is 5.32 Å². The predicted octanol–water partition coefficient (Wildman–Crippen LogP) is 6.35. The van der Waals surface area contributed by atoms with E-state index in [1.165, 1.54) is 5.56 Å². The first-order valence-corrected chi connectivity index (χ1v) is 10.6. The summed E-state index contributed by atoms with van der Waals surface area (Å²) >= 11 is 12.6. The number of halogens is 2. The van der Waals surface area contributed by atoms with Gasteiger partial charge in [-0.15, -0.1) is 0 Å². The summed E-state index contributed by atoms with van der Waals surface area (Å²) in [6.45, 7) is 2.81. The summed E-state index contributed by atoms with van der Waals surface area (Å²) in [5, 5.41) is 7.98. The Labute approximate surface area is 176 Å². The molecule has 28 heavy (non-hydrogen) atoms. The summed E-state index contributed by atoms with van der Waals surface area (Å²) in [7, 11) is 0. The van der Waals surface area contributed by atoms with Gasteiger partial charge in [0.05, 0.1) is 17.3 Å². The molecule has 0 bridgehead atoms. The molecule has 5 heteroatoms. The molecule has 2 N–H and O–H groups in total. The van der Waals surface area contributed by atoms with Crippen molar-refractivity contribution < 1.29 is 4.79 Å². The lowest BCUT2D eigenvalue weighted by atomic mass is 9.76. The van der Waals surface area contributed by atoms with Crippen molar-refractivity contribution in [3.8, 4) is 0 Å². The van der Waals surface area contributed by atoms with E-state index in [9.17, 15) is 4.79 Å². The molecule has 0 aromatic heterocycles. The summed E-state index contributed by atoms with van der Waals surface area (Å²) in [5.74, 6) is 0.611. The van der Waals surface area contributed by atoms with Crippen LogP contribution in [-0.2, 0) is 0 Å². The third-order valence-corrected chi connectivity index (χ3v) is 6.32. The van der Waals surface area contributed by atoms with Gasteiger partial charge in [0, 0.05) is 22.5 Å². The highest BCUT2D eigenvalue weighted by molar-refractivity contribution is 6.35. The van der Waals surface area contributed by atoms with Gasteiger partial charge in [0.2, 0.25) is 0 Å². The van der Waals surface area contributed by atoms with Gasteiger partial charge < -0.3 is 10.6 Å². The number of carbonyl (C=O) groups is 1. The molecule has 2 aliphatic rings. The molecule has 0 saturated heterocycles. The zero-order chi connectivity index (χ0) is 19.7. The quantitative estimate of drug-likeness (QED) is 0.441. The number of rotatable bonds is 5. The standard InChI is InChI=1S/C23H24Cl2N2O/c1-2-3-12-26-23(28)19-9-5-8-17-15-6-4-7-16(15)21(27-22(17)19)18-11-10-14(24)13-20(18)25/h4-6,8-11,13,15-16,21,27H,2-3,7,12H2,1H3,(H,26,28). The number of para-hydroxylation sites is 1. The lowest BCUT2D eigenvalue weighted by molar-refractivity contribution is 0.0953. The molecule has 146 valence electrons. The molecular formula is C23H24Cl2N2O. The van der Waals surface area contributed by atoms with E-state index in [-0.39, 0.29) is 17.9 Å². The van der Waals surface area contributed by atoms with Crippen LogP contribution in [0.4, 0.5) is 5.69 Å². The van der Waals surface area contributed by atoms with Crippen LogP contribution in [0.3, 0.4) is 0 Å². The third kappa shape index (κ3) is 3.54. The summed E-state index contributed by atoms with van der Waals surface area (Å²) in [5.41, 5.74) is 3.82. The Morgan fingerprint density at radius 1 is 1.21 bits per heavy atom. The van der Waals surface area contributed by atoms with E-state index in [4.69, 9.17) is 23.2 Å². The van der Waals surface area contributed by atoms with E-state index < -0.39 is 0 Å². The zero-order valence-corrected chi connectivity index (χ0v) is 17.4. The van der Waals surface area contributed by atoms with Crippen molar-refractivity contribution in [2.45, 2.75) is 38.1 Å². The summed E-state index contributed by atoms with van der Waals surface area (Å²) in [6, 6.07) is 11.7. The number of unbranched alkanes of at least 4 members (excludes halogenated alkanes) is 1.